The van der Waals surface area contributed by atoms with Gasteiger partial charge in [-0.1, -0.05) is 0 Å². The minimum Gasteiger partial charge on any atom is -0.276 e. The molecule has 70 valence electrons. The van der Waals surface area contributed by atoms with Crippen LogP contribution in [-0.4, -0.2) is 5.24 Å². The maximum atomic E-state index is 10.8. The fourth-order valence-corrected chi connectivity index (χ4v) is 1.61. The number of carbonyl (C=O) groups excluding carboxylic acids is 1. The summed E-state index contributed by atoms with van der Waals surface area (Å²) in [6.45, 7) is 0.251. The van der Waals surface area contributed by atoms with Crippen LogP contribution in [0.1, 0.15) is 15.9 Å². The first-order valence-electron chi connectivity index (χ1n) is 3.46. The zero-order valence-electron chi connectivity index (χ0n) is 6.59. The molecule has 0 aromatic heterocycles. The Morgan fingerprint density at radius 1 is 1.46 bits per heavy atom. The minimum atomic E-state index is -0.486. The van der Waals surface area contributed by atoms with Crippen molar-refractivity contribution < 1.29 is 9.08 Å². The summed E-state index contributed by atoms with van der Waals surface area (Å²) in [5, 5.41) is 0.385. The van der Waals surface area contributed by atoms with E-state index in [9.17, 15) is 4.79 Å². The number of carbonyl (C=O) groups is 1. The molecule has 0 aliphatic rings. The molecule has 0 spiro atoms. The van der Waals surface area contributed by atoms with Crippen LogP contribution in [-0.2, 0) is 10.9 Å². The van der Waals surface area contributed by atoms with Crippen molar-refractivity contribution in [2.75, 3.05) is 0 Å². The van der Waals surface area contributed by atoms with Gasteiger partial charge in [0.15, 0.2) is 0 Å². The van der Waals surface area contributed by atoms with Crippen molar-refractivity contribution in [1.29, 1.82) is 0 Å². The van der Waals surface area contributed by atoms with E-state index in [1.165, 1.54) is 0 Å². The zero-order valence-corrected chi connectivity index (χ0v) is 9.26. The second-order valence-corrected chi connectivity index (χ2v) is 3.72. The van der Waals surface area contributed by atoms with Crippen LogP contribution >= 0.6 is 32.7 Å². The van der Waals surface area contributed by atoms with E-state index in [1.807, 2.05) is 6.07 Å². The van der Waals surface area contributed by atoms with Crippen LogP contribution < -0.4 is 5.30 Å². The number of hydrogen-bond acceptors (Lipinski definition) is 2. The molecular weight excluding hydrogens is 230 g/mol. The maximum absolute atomic E-state index is 10.8. The van der Waals surface area contributed by atoms with E-state index in [-0.39, 0.29) is 6.61 Å². The SMILES string of the molecule is O=C(Cl)c1cc(P)cc(COCl)c1. The Morgan fingerprint density at radius 2 is 2.15 bits per heavy atom. The lowest BCUT2D eigenvalue weighted by molar-refractivity contribution is 0.108. The summed E-state index contributed by atoms with van der Waals surface area (Å²) in [6.07, 6.45) is 0. The molecule has 1 aromatic rings. The van der Waals surface area contributed by atoms with Crippen LogP contribution in [0.5, 0.6) is 0 Å². The highest BCUT2D eigenvalue weighted by atomic mass is 35.5. The number of benzene rings is 1. The lowest BCUT2D eigenvalue weighted by atomic mass is 10.1. The molecule has 0 heterocycles. The molecule has 0 amide bonds. The topological polar surface area (TPSA) is 26.3 Å². The maximum Gasteiger partial charge on any atom is 0.252 e. The summed E-state index contributed by atoms with van der Waals surface area (Å²) >= 11 is 10.4. The second kappa shape index (κ2) is 4.92. The van der Waals surface area contributed by atoms with Gasteiger partial charge >= 0.3 is 0 Å². The van der Waals surface area contributed by atoms with Gasteiger partial charge in [0, 0.05) is 5.56 Å². The highest BCUT2D eigenvalue weighted by Crippen LogP contribution is 2.10. The Balaban J connectivity index is 3.03. The Morgan fingerprint density at radius 3 is 2.69 bits per heavy atom. The summed E-state index contributed by atoms with van der Waals surface area (Å²) in [5.41, 5.74) is 1.25. The minimum absolute atomic E-state index is 0.251. The Hall–Kier alpha value is -0.140. The van der Waals surface area contributed by atoms with Gasteiger partial charge in [-0.15, -0.1) is 9.24 Å². The predicted octanol–water partition coefficient (Wildman–Crippen LogP) is 2.24. The lowest BCUT2D eigenvalue weighted by Gasteiger charge is -2.02. The van der Waals surface area contributed by atoms with E-state index in [1.54, 1.807) is 12.1 Å². The van der Waals surface area contributed by atoms with Crippen molar-refractivity contribution >= 4 is 43.3 Å². The largest absolute Gasteiger partial charge is 0.276 e. The third-order valence-corrected chi connectivity index (χ3v) is 2.12. The molecule has 0 saturated carbocycles. The van der Waals surface area contributed by atoms with Crippen molar-refractivity contribution in [3.63, 3.8) is 0 Å². The average Bonchev–Trinajstić information content (AvgIpc) is 2.03. The van der Waals surface area contributed by atoms with Crippen molar-refractivity contribution in [2.45, 2.75) is 6.61 Å². The third kappa shape index (κ3) is 3.24. The fourth-order valence-electron chi connectivity index (χ4n) is 0.978. The van der Waals surface area contributed by atoms with Gasteiger partial charge in [-0.25, -0.2) is 0 Å². The van der Waals surface area contributed by atoms with Gasteiger partial charge in [-0.05, 0) is 40.7 Å². The zero-order chi connectivity index (χ0) is 9.84. The molecule has 1 unspecified atom stereocenters. The van der Waals surface area contributed by atoms with Crippen molar-refractivity contribution in [3.05, 3.63) is 29.3 Å². The first-order chi connectivity index (χ1) is 6.13. The molecule has 0 aliphatic carbocycles. The van der Waals surface area contributed by atoms with Gasteiger partial charge < -0.3 is 0 Å². The van der Waals surface area contributed by atoms with E-state index in [0.717, 1.165) is 10.9 Å². The molecule has 0 saturated heterocycles. The molecule has 5 heteroatoms. The van der Waals surface area contributed by atoms with Gasteiger partial charge in [0.1, 0.15) is 0 Å². The van der Waals surface area contributed by atoms with Crippen molar-refractivity contribution in [2.24, 2.45) is 0 Å². The molecule has 0 aliphatic heterocycles. The number of hydrogen-bond donors (Lipinski definition) is 0. The summed E-state index contributed by atoms with van der Waals surface area (Å²) in [6, 6.07) is 5.17. The molecule has 13 heavy (non-hydrogen) atoms. The lowest BCUT2D eigenvalue weighted by Crippen LogP contribution is -2.00. The molecular formula is C8H7Cl2O2P. The molecule has 1 rings (SSSR count). The first kappa shape index (κ1) is 10.9. The molecule has 0 N–H and O–H groups in total. The predicted molar refractivity (Wildman–Crippen MR) is 56.6 cm³/mol. The fraction of sp³-hybridized carbons (Fsp3) is 0.125. The van der Waals surface area contributed by atoms with Crippen LogP contribution in [0.25, 0.3) is 0 Å². The molecule has 1 atom stereocenters. The summed E-state index contributed by atoms with van der Waals surface area (Å²) in [7, 11) is 2.48. The van der Waals surface area contributed by atoms with Gasteiger partial charge in [0.05, 0.1) is 18.5 Å². The second-order valence-electron chi connectivity index (χ2n) is 2.49. The van der Waals surface area contributed by atoms with Crippen LogP contribution in [0.4, 0.5) is 0 Å². The summed E-state index contributed by atoms with van der Waals surface area (Å²) in [4.78, 5) is 10.8. The smallest absolute Gasteiger partial charge is 0.252 e. The molecule has 1 aromatic carbocycles. The van der Waals surface area contributed by atoms with Crippen molar-refractivity contribution in [1.82, 2.24) is 0 Å². The Labute approximate surface area is 88.5 Å². The Bertz CT molecular complexity index is 328. The highest BCUT2D eigenvalue weighted by Gasteiger charge is 2.04. The van der Waals surface area contributed by atoms with Crippen LogP contribution in [0, 0.1) is 0 Å². The highest BCUT2D eigenvalue weighted by molar-refractivity contribution is 7.27. The monoisotopic (exact) mass is 236 g/mol. The molecule has 0 fully saturated rings. The van der Waals surface area contributed by atoms with Crippen LogP contribution in [0.2, 0.25) is 0 Å². The molecule has 0 bridgehead atoms. The first-order valence-corrected chi connectivity index (χ1v) is 4.72. The number of rotatable bonds is 3. The quantitative estimate of drug-likeness (QED) is 0.595. The third-order valence-electron chi connectivity index (χ3n) is 1.46. The molecule has 0 radical (unpaired) electrons. The van der Waals surface area contributed by atoms with E-state index >= 15 is 0 Å². The number of halogens is 2. The van der Waals surface area contributed by atoms with E-state index in [0.29, 0.717) is 5.56 Å². The standard InChI is InChI=1S/C8H7Cl2O2P/c9-8(11)6-1-5(4-12-10)2-7(13)3-6/h1-3H,4,13H2. The van der Waals surface area contributed by atoms with E-state index < -0.39 is 5.24 Å². The average molecular weight is 237 g/mol. The normalized spacial score (nSPS) is 10.1. The molecule has 2 nitrogen and oxygen atoms in total. The summed E-state index contributed by atoms with van der Waals surface area (Å²) < 4.78 is 4.43. The van der Waals surface area contributed by atoms with Gasteiger partial charge in [-0.3, -0.25) is 9.08 Å². The van der Waals surface area contributed by atoms with Crippen molar-refractivity contribution in [3.8, 4) is 0 Å². The van der Waals surface area contributed by atoms with E-state index in [4.69, 9.17) is 23.5 Å². The van der Waals surface area contributed by atoms with Crippen LogP contribution in [0.15, 0.2) is 18.2 Å². The summed E-state index contributed by atoms with van der Waals surface area (Å²) in [5.74, 6) is 0. The van der Waals surface area contributed by atoms with Gasteiger partial charge in [0.25, 0.3) is 5.24 Å². The van der Waals surface area contributed by atoms with E-state index in [2.05, 4.69) is 13.5 Å². The van der Waals surface area contributed by atoms with Crippen LogP contribution in [0.3, 0.4) is 0 Å². The van der Waals surface area contributed by atoms with Gasteiger partial charge in [-0.2, -0.15) is 0 Å². The Kier molecular flexibility index (Phi) is 4.14. The van der Waals surface area contributed by atoms with Gasteiger partial charge in [0.2, 0.25) is 0 Å².